The van der Waals surface area contributed by atoms with Crippen molar-refractivity contribution in [3.05, 3.63) is 53.5 Å². The molecule has 0 fully saturated rings. The smallest absolute Gasteiger partial charge is 0.230 e. The summed E-state index contributed by atoms with van der Waals surface area (Å²) >= 11 is 0. The van der Waals surface area contributed by atoms with Gasteiger partial charge in [0, 0.05) is 11.6 Å². The van der Waals surface area contributed by atoms with Crippen LogP contribution in [0.25, 0.3) is 11.0 Å². The lowest BCUT2D eigenvalue weighted by Gasteiger charge is -2.03. The van der Waals surface area contributed by atoms with Crippen molar-refractivity contribution in [1.82, 2.24) is 10.1 Å². The molecule has 0 bridgehead atoms. The van der Waals surface area contributed by atoms with E-state index in [4.69, 9.17) is 4.52 Å². The van der Waals surface area contributed by atoms with Gasteiger partial charge in [0.15, 0.2) is 5.58 Å². The zero-order valence-corrected chi connectivity index (χ0v) is 11.9. The van der Waals surface area contributed by atoms with Gasteiger partial charge >= 0.3 is 0 Å². The molecular weight excluding hydrogens is 266 g/mol. The molecule has 3 aromatic rings. The molecule has 0 saturated heterocycles. The molecule has 2 heterocycles. The number of carbonyl (C=O) groups is 1. The van der Waals surface area contributed by atoms with Crippen molar-refractivity contribution >= 4 is 22.6 Å². The van der Waals surface area contributed by atoms with Gasteiger partial charge in [0.1, 0.15) is 5.69 Å². The second kappa shape index (κ2) is 5.36. The highest BCUT2D eigenvalue weighted by Crippen LogP contribution is 2.24. The Hall–Kier alpha value is -2.69. The lowest BCUT2D eigenvalue weighted by molar-refractivity contribution is -0.115. The van der Waals surface area contributed by atoms with Gasteiger partial charge in [-0.3, -0.25) is 9.78 Å². The highest BCUT2D eigenvalue weighted by atomic mass is 16.5. The van der Waals surface area contributed by atoms with Gasteiger partial charge in [0.2, 0.25) is 5.91 Å². The van der Waals surface area contributed by atoms with E-state index in [1.54, 1.807) is 24.5 Å². The van der Waals surface area contributed by atoms with Crippen LogP contribution < -0.4 is 5.32 Å². The molecule has 0 spiro atoms. The van der Waals surface area contributed by atoms with Gasteiger partial charge in [-0.1, -0.05) is 11.2 Å². The predicted molar refractivity (Wildman–Crippen MR) is 80.1 cm³/mol. The number of hydrogen-bond acceptors (Lipinski definition) is 4. The molecule has 21 heavy (non-hydrogen) atoms. The zero-order valence-electron chi connectivity index (χ0n) is 11.9. The van der Waals surface area contributed by atoms with Crippen molar-refractivity contribution in [3.63, 3.8) is 0 Å². The molecule has 106 valence electrons. The van der Waals surface area contributed by atoms with Gasteiger partial charge in [-0.15, -0.1) is 0 Å². The van der Waals surface area contributed by atoms with Crippen LogP contribution >= 0.6 is 0 Å². The largest absolute Gasteiger partial charge is 0.356 e. The van der Waals surface area contributed by atoms with Crippen molar-refractivity contribution in [2.75, 3.05) is 5.32 Å². The van der Waals surface area contributed by atoms with E-state index in [0.29, 0.717) is 11.4 Å². The first-order valence-electron chi connectivity index (χ1n) is 6.69. The Bertz CT molecular complexity index is 794. The minimum atomic E-state index is -0.141. The van der Waals surface area contributed by atoms with Gasteiger partial charge in [-0.05, 0) is 43.2 Å². The summed E-state index contributed by atoms with van der Waals surface area (Å²) in [6, 6.07) is 7.55. The summed E-state index contributed by atoms with van der Waals surface area (Å²) in [5, 5.41) is 7.74. The topological polar surface area (TPSA) is 68.0 Å². The molecule has 0 radical (unpaired) electrons. The van der Waals surface area contributed by atoms with Crippen LogP contribution in [0, 0.1) is 13.8 Å². The lowest BCUT2D eigenvalue weighted by atomic mass is 10.0. The van der Waals surface area contributed by atoms with E-state index in [9.17, 15) is 4.79 Å². The third-order valence-corrected chi connectivity index (χ3v) is 3.26. The van der Waals surface area contributed by atoms with Crippen LogP contribution in [-0.2, 0) is 11.2 Å². The molecule has 0 aliphatic heterocycles. The Balaban J connectivity index is 1.84. The molecule has 0 atom stereocenters. The summed E-state index contributed by atoms with van der Waals surface area (Å²) in [5.41, 5.74) is 4.22. The highest BCUT2D eigenvalue weighted by Gasteiger charge is 2.15. The number of fused-ring (bicyclic) bond motifs is 1. The number of anilines is 1. The van der Waals surface area contributed by atoms with E-state index in [1.165, 1.54) is 0 Å². The van der Waals surface area contributed by atoms with Gasteiger partial charge in [0.25, 0.3) is 0 Å². The quantitative estimate of drug-likeness (QED) is 0.801. The standard InChI is InChI=1S/C16H15N3O2/c1-10-6-11(2)16-13(19-21-14(16)7-10)8-15(20)18-12-4-3-5-17-9-12/h3-7,9H,8H2,1-2H3,(H,18,20). The van der Waals surface area contributed by atoms with E-state index < -0.39 is 0 Å². The summed E-state index contributed by atoms with van der Waals surface area (Å²) < 4.78 is 5.32. The van der Waals surface area contributed by atoms with Crippen LogP contribution in [0.2, 0.25) is 0 Å². The molecule has 2 aromatic heterocycles. The maximum Gasteiger partial charge on any atom is 0.230 e. The van der Waals surface area contributed by atoms with E-state index in [-0.39, 0.29) is 12.3 Å². The van der Waals surface area contributed by atoms with Crippen LogP contribution in [0.5, 0.6) is 0 Å². The molecule has 0 unspecified atom stereocenters. The molecule has 5 heteroatoms. The number of nitrogens with one attached hydrogen (secondary N) is 1. The van der Waals surface area contributed by atoms with Crippen molar-refractivity contribution in [1.29, 1.82) is 0 Å². The molecule has 0 aliphatic rings. The SMILES string of the molecule is Cc1cc(C)c2c(CC(=O)Nc3cccnc3)noc2c1. The maximum absolute atomic E-state index is 12.1. The summed E-state index contributed by atoms with van der Waals surface area (Å²) in [5.74, 6) is -0.141. The van der Waals surface area contributed by atoms with Crippen LogP contribution in [0.4, 0.5) is 5.69 Å². The molecular formula is C16H15N3O2. The number of amides is 1. The number of aryl methyl sites for hydroxylation is 2. The summed E-state index contributed by atoms with van der Waals surface area (Å²) in [6.45, 7) is 4.00. The number of hydrogen-bond donors (Lipinski definition) is 1. The van der Waals surface area contributed by atoms with Gasteiger partial charge < -0.3 is 9.84 Å². The summed E-state index contributed by atoms with van der Waals surface area (Å²) in [4.78, 5) is 16.0. The molecule has 1 N–H and O–H groups in total. The molecule has 3 rings (SSSR count). The molecule has 5 nitrogen and oxygen atoms in total. The van der Waals surface area contributed by atoms with Crippen LogP contribution in [-0.4, -0.2) is 16.0 Å². The van der Waals surface area contributed by atoms with Crippen molar-refractivity contribution < 1.29 is 9.32 Å². The first-order chi connectivity index (χ1) is 10.1. The number of nitrogens with zero attached hydrogens (tertiary/aromatic N) is 2. The van der Waals surface area contributed by atoms with Gasteiger partial charge in [-0.25, -0.2) is 0 Å². The van der Waals surface area contributed by atoms with Gasteiger partial charge in [-0.2, -0.15) is 0 Å². The average Bonchev–Trinajstić information content (AvgIpc) is 2.82. The Morgan fingerprint density at radius 2 is 2.19 bits per heavy atom. The van der Waals surface area contributed by atoms with Crippen molar-refractivity contribution in [2.24, 2.45) is 0 Å². The van der Waals surface area contributed by atoms with Crippen molar-refractivity contribution in [3.8, 4) is 0 Å². The Morgan fingerprint density at radius 3 is 2.95 bits per heavy atom. The number of aromatic nitrogens is 2. The second-order valence-electron chi connectivity index (χ2n) is 5.05. The monoisotopic (exact) mass is 281 g/mol. The number of pyridine rings is 1. The second-order valence-corrected chi connectivity index (χ2v) is 5.05. The molecule has 1 aromatic carbocycles. The predicted octanol–water partition coefficient (Wildman–Crippen LogP) is 3.02. The zero-order chi connectivity index (χ0) is 14.8. The first kappa shape index (κ1) is 13.3. The van der Waals surface area contributed by atoms with Crippen molar-refractivity contribution in [2.45, 2.75) is 20.3 Å². The third-order valence-electron chi connectivity index (χ3n) is 3.26. The average molecular weight is 281 g/mol. The molecule has 0 saturated carbocycles. The number of benzene rings is 1. The van der Waals surface area contributed by atoms with Crippen LogP contribution in [0.15, 0.2) is 41.2 Å². The molecule has 1 amide bonds. The molecule has 0 aliphatic carbocycles. The van der Waals surface area contributed by atoms with Crippen LogP contribution in [0.1, 0.15) is 16.8 Å². The Labute approximate surface area is 122 Å². The Morgan fingerprint density at radius 1 is 1.33 bits per heavy atom. The van der Waals surface area contributed by atoms with E-state index in [2.05, 4.69) is 21.5 Å². The summed E-state index contributed by atoms with van der Waals surface area (Å²) in [7, 11) is 0. The third kappa shape index (κ3) is 2.76. The number of rotatable bonds is 3. The lowest BCUT2D eigenvalue weighted by Crippen LogP contribution is -2.14. The minimum absolute atomic E-state index is 0.141. The highest BCUT2D eigenvalue weighted by molar-refractivity contribution is 5.95. The van der Waals surface area contributed by atoms with E-state index in [0.717, 1.165) is 22.1 Å². The number of carbonyl (C=O) groups excluding carboxylic acids is 1. The normalized spacial score (nSPS) is 10.8. The fourth-order valence-electron chi connectivity index (χ4n) is 2.43. The first-order valence-corrected chi connectivity index (χ1v) is 6.69. The fourth-order valence-corrected chi connectivity index (χ4v) is 2.43. The maximum atomic E-state index is 12.1. The van der Waals surface area contributed by atoms with E-state index in [1.807, 2.05) is 19.9 Å². The van der Waals surface area contributed by atoms with E-state index >= 15 is 0 Å². The Kier molecular flexibility index (Phi) is 3.39. The van der Waals surface area contributed by atoms with Crippen LogP contribution in [0.3, 0.4) is 0 Å². The fraction of sp³-hybridized carbons (Fsp3) is 0.188. The summed E-state index contributed by atoms with van der Waals surface area (Å²) in [6.07, 6.45) is 3.44. The minimum Gasteiger partial charge on any atom is -0.356 e. The van der Waals surface area contributed by atoms with Gasteiger partial charge in [0.05, 0.1) is 18.3 Å².